The van der Waals surface area contributed by atoms with Gasteiger partial charge in [-0.05, 0) is 55.7 Å². The SMILES string of the molecule is CCc1cccc(C)c1NC(=O)COC(=O)[C@@H](NS(=O)(=O)c1ccc(Cl)cc1)[C@H](C)O. The molecule has 0 saturated heterocycles. The highest BCUT2D eigenvalue weighted by Crippen LogP contribution is 2.21. The van der Waals surface area contributed by atoms with Crippen molar-refractivity contribution in [2.75, 3.05) is 11.9 Å². The van der Waals surface area contributed by atoms with E-state index in [4.69, 9.17) is 16.3 Å². The van der Waals surface area contributed by atoms with Gasteiger partial charge >= 0.3 is 5.97 Å². The first-order valence-electron chi connectivity index (χ1n) is 9.56. The minimum atomic E-state index is -4.14. The van der Waals surface area contributed by atoms with Gasteiger partial charge in [-0.15, -0.1) is 0 Å². The normalized spacial score (nSPS) is 13.3. The Labute approximate surface area is 186 Å². The van der Waals surface area contributed by atoms with Gasteiger partial charge in [-0.1, -0.05) is 36.7 Å². The Morgan fingerprint density at radius 1 is 1.16 bits per heavy atom. The number of sulfonamides is 1. The van der Waals surface area contributed by atoms with Crippen LogP contribution in [0.4, 0.5) is 5.69 Å². The van der Waals surface area contributed by atoms with Crippen molar-refractivity contribution in [3.63, 3.8) is 0 Å². The van der Waals surface area contributed by atoms with Crippen LogP contribution in [0.25, 0.3) is 0 Å². The summed E-state index contributed by atoms with van der Waals surface area (Å²) in [4.78, 5) is 24.5. The largest absolute Gasteiger partial charge is 0.454 e. The molecule has 10 heteroatoms. The summed E-state index contributed by atoms with van der Waals surface area (Å²) in [5, 5.41) is 12.9. The monoisotopic (exact) mass is 468 g/mol. The van der Waals surface area contributed by atoms with Gasteiger partial charge in [-0.25, -0.2) is 8.42 Å². The van der Waals surface area contributed by atoms with Crippen LogP contribution in [-0.4, -0.2) is 44.2 Å². The van der Waals surface area contributed by atoms with E-state index >= 15 is 0 Å². The van der Waals surface area contributed by atoms with E-state index in [0.717, 1.165) is 11.1 Å². The molecule has 3 N–H and O–H groups in total. The molecule has 0 fully saturated rings. The van der Waals surface area contributed by atoms with Gasteiger partial charge in [0.1, 0.15) is 6.04 Å². The number of carbonyl (C=O) groups is 2. The van der Waals surface area contributed by atoms with Gasteiger partial charge in [0.25, 0.3) is 5.91 Å². The number of rotatable bonds is 9. The summed E-state index contributed by atoms with van der Waals surface area (Å²) < 4.78 is 32.1. The highest BCUT2D eigenvalue weighted by molar-refractivity contribution is 7.89. The molecular formula is C21H25ClN2O6S. The number of aliphatic hydroxyl groups excluding tert-OH is 1. The molecular weight excluding hydrogens is 444 g/mol. The molecule has 0 heterocycles. The molecule has 0 saturated carbocycles. The van der Waals surface area contributed by atoms with Gasteiger partial charge in [0, 0.05) is 10.7 Å². The van der Waals surface area contributed by atoms with Crippen LogP contribution in [0.3, 0.4) is 0 Å². The Kier molecular flexibility index (Phi) is 8.58. The van der Waals surface area contributed by atoms with E-state index in [1.54, 1.807) is 0 Å². The van der Waals surface area contributed by atoms with Gasteiger partial charge in [0.15, 0.2) is 6.61 Å². The minimum Gasteiger partial charge on any atom is -0.454 e. The summed E-state index contributed by atoms with van der Waals surface area (Å²) in [6.45, 7) is 4.39. The number of esters is 1. The molecule has 0 aliphatic carbocycles. The van der Waals surface area contributed by atoms with Crippen molar-refractivity contribution in [1.82, 2.24) is 4.72 Å². The number of halogens is 1. The van der Waals surface area contributed by atoms with Crippen LogP contribution in [0.5, 0.6) is 0 Å². The van der Waals surface area contributed by atoms with Crippen LogP contribution in [0.2, 0.25) is 5.02 Å². The molecule has 8 nitrogen and oxygen atoms in total. The molecule has 0 spiro atoms. The molecule has 2 aromatic carbocycles. The van der Waals surface area contributed by atoms with Gasteiger partial charge in [0.2, 0.25) is 10.0 Å². The van der Waals surface area contributed by atoms with Crippen LogP contribution < -0.4 is 10.0 Å². The summed E-state index contributed by atoms with van der Waals surface area (Å²) in [6.07, 6.45) is -0.700. The number of nitrogens with one attached hydrogen (secondary N) is 2. The number of aliphatic hydroxyl groups is 1. The Bertz CT molecular complexity index is 1040. The highest BCUT2D eigenvalue weighted by atomic mass is 35.5. The molecule has 2 atom stereocenters. The maximum absolute atomic E-state index is 12.5. The maximum Gasteiger partial charge on any atom is 0.327 e. The smallest absolute Gasteiger partial charge is 0.327 e. The molecule has 2 aromatic rings. The Hall–Kier alpha value is -2.46. The van der Waals surface area contributed by atoms with Crippen molar-refractivity contribution in [2.45, 2.75) is 44.2 Å². The summed E-state index contributed by atoms with van der Waals surface area (Å²) in [7, 11) is -4.14. The van der Waals surface area contributed by atoms with E-state index in [1.165, 1.54) is 31.2 Å². The lowest BCUT2D eigenvalue weighted by Gasteiger charge is -2.20. The van der Waals surface area contributed by atoms with Crippen LogP contribution in [-0.2, 0) is 30.8 Å². The van der Waals surface area contributed by atoms with Gasteiger partial charge in [-0.3, -0.25) is 9.59 Å². The first-order valence-corrected chi connectivity index (χ1v) is 11.4. The number of hydrogen-bond acceptors (Lipinski definition) is 6. The van der Waals surface area contributed by atoms with Crippen molar-refractivity contribution in [1.29, 1.82) is 0 Å². The minimum absolute atomic E-state index is 0.139. The molecule has 1 amide bonds. The molecule has 0 aliphatic rings. The van der Waals surface area contributed by atoms with E-state index in [0.29, 0.717) is 17.1 Å². The lowest BCUT2D eigenvalue weighted by atomic mass is 10.1. The lowest BCUT2D eigenvalue weighted by molar-refractivity contribution is -0.151. The Morgan fingerprint density at radius 3 is 2.39 bits per heavy atom. The average Bonchev–Trinajstić information content (AvgIpc) is 2.72. The Balaban J connectivity index is 2.04. The van der Waals surface area contributed by atoms with E-state index in [2.05, 4.69) is 10.0 Å². The van der Waals surface area contributed by atoms with E-state index in [-0.39, 0.29) is 4.90 Å². The zero-order valence-electron chi connectivity index (χ0n) is 17.4. The van der Waals surface area contributed by atoms with E-state index < -0.39 is 40.7 Å². The van der Waals surface area contributed by atoms with Crippen molar-refractivity contribution in [2.24, 2.45) is 0 Å². The predicted octanol–water partition coefficient (Wildman–Crippen LogP) is 2.42. The third kappa shape index (κ3) is 6.76. The summed E-state index contributed by atoms with van der Waals surface area (Å²) >= 11 is 5.76. The Morgan fingerprint density at radius 2 is 1.81 bits per heavy atom. The number of para-hydroxylation sites is 1. The second-order valence-corrected chi connectivity index (χ2v) is 9.06. The van der Waals surface area contributed by atoms with Crippen LogP contribution >= 0.6 is 11.6 Å². The number of amides is 1. The molecule has 168 valence electrons. The number of ether oxygens (including phenoxy) is 1. The standard InChI is InChI=1S/C21H25ClN2O6S/c1-4-15-7-5-6-13(2)19(15)23-18(26)12-30-21(27)20(14(3)25)24-31(28,29)17-10-8-16(22)9-11-17/h5-11,14,20,24-25H,4,12H2,1-3H3,(H,23,26)/t14-,20-/m0/s1. The zero-order chi connectivity index (χ0) is 23.2. The first-order chi connectivity index (χ1) is 14.5. The van der Waals surface area contributed by atoms with Crippen molar-refractivity contribution < 1.29 is 27.9 Å². The molecule has 0 unspecified atom stereocenters. The molecule has 31 heavy (non-hydrogen) atoms. The van der Waals surface area contributed by atoms with Gasteiger partial charge in [0.05, 0.1) is 11.0 Å². The highest BCUT2D eigenvalue weighted by Gasteiger charge is 2.31. The van der Waals surface area contributed by atoms with Crippen molar-refractivity contribution >= 4 is 39.2 Å². The average molecular weight is 469 g/mol. The maximum atomic E-state index is 12.5. The summed E-state index contributed by atoms with van der Waals surface area (Å²) in [5.74, 6) is -1.66. The van der Waals surface area contributed by atoms with Gasteiger partial charge < -0.3 is 15.2 Å². The van der Waals surface area contributed by atoms with Crippen LogP contribution in [0.15, 0.2) is 47.4 Å². The third-order valence-corrected chi connectivity index (χ3v) is 6.20. The third-order valence-electron chi connectivity index (χ3n) is 4.49. The van der Waals surface area contributed by atoms with Crippen molar-refractivity contribution in [3.05, 3.63) is 58.6 Å². The second-order valence-electron chi connectivity index (χ2n) is 6.91. The van der Waals surface area contributed by atoms with Gasteiger partial charge in [-0.2, -0.15) is 4.72 Å². The van der Waals surface area contributed by atoms with Crippen molar-refractivity contribution in [3.8, 4) is 0 Å². The molecule has 0 aliphatic heterocycles. The fraction of sp³-hybridized carbons (Fsp3) is 0.333. The fourth-order valence-electron chi connectivity index (χ4n) is 2.80. The number of carbonyl (C=O) groups excluding carboxylic acids is 2. The molecule has 0 bridgehead atoms. The zero-order valence-corrected chi connectivity index (χ0v) is 19.0. The number of hydrogen-bond donors (Lipinski definition) is 3. The summed E-state index contributed by atoms with van der Waals surface area (Å²) in [5.41, 5.74) is 2.43. The summed E-state index contributed by atoms with van der Waals surface area (Å²) in [6, 6.07) is 9.28. The second kappa shape index (κ2) is 10.7. The topological polar surface area (TPSA) is 122 Å². The van der Waals surface area contributed by atoms with E-state index in [1.807, 2.05) is 32.0 Å². The van der Waals surface area contributed by atoms with E-state index in [9.17, 15) is 23.1 Å². The predicted molar refractivity (Wildman–Crippen MR) is 117 cm³/mol. The fourth-order valence-corrected chi connectivity index (χ4v) is 4.18. The number of benzene rings is 2. The van der Waals surface area contributed by atoms with Crippen LogP contribution in [0, 0.1) is 6.92 Å². The lowest BCUT2D eigenvalue weighted by Crippen LogP contribution is -2.48. The molecule has 0 radical (unpaired) electrons. The number of aryl methyl sites for hydroxylation is 2. The number of anilines is 1. The molecule has 2 rings (SSSR count). The molecule has 0 aromatic heterocycles. The quantitative estimate of drug-likeness (QED) is 0.486. The van der Waals surface area contributed by atoms with Crippen LogP contribution in [0.1, 0.15) is 25.0 Å². The first kappa shape index (κ1) is 24.8.